The van der Waals surface area contributed by atoms with Gasteiger partial charge in [0.25, 0.3) is 0 Å². The molecule has 2 heterocycles. The van der Waals surface area contributed by atoms with E-state index in [4.69, 9.17) is 9.31 Å². The van der Waals surface area contributed by atoms with Gasteiger partial charge in [-0.2, -0.15) is 5.10 Å². The van der Waals surface area contributed by atoms with Crippen LogP contribution in [0.5, 0.6) is 0 Å². The zero-order valence-corrected chi connectivity index (χ0v) is 14.9. The molecule has 1 aromatic carbocycles. The molecule has 1 aliphatic rings. The lowest BCUT2D eigenvalue weighted by molar-refractivity contribution is 0.00578. The van der Waals surface area contributed by atoms with Crippen LogP contribution < -0.4 is 5.46 Å². The van der Waals surface area contributed by atoms with Gasteiger partial charge in [-0.05, 0) is 61.8 Å². The zero-order valence-electron chi connectivity index (χ0n) is 12.7. The highest BCUT2D eigenvalue weighted by atomic mass is 127. The highest BCUT2D eigenvalue weighted by Gasteiger charge is 2.51. The van der Waals surface area contributed by atoms with Crippen LogP contribution in [-0.4, -0.2) is 28.1 Å². The van der Waals surface area contributed by atoms with E-state index < -0.39 is 18.3 Å². The fraction of sp³-hybridized carbons (Fsp3) is 0.500. The molecule has 3 rings (SSSR count). The number of halogens is 2. The normalized spacial score (nSPS) is 20.4. The molecule has 0 amide bonds. The van der Waals surface area contributed by atoms with Crippen LogP contribution in [0, 0.1) is 9.52 Å². The standard InChI is InChI=1S/C14H17BFIN2O2/c1-13(2)14(3,4)21-15(20-13)8-6-9-11(10(16)7-8)18-19(5)12(9)17/h6-7H,1-5H3. The molecular formula is C14H17BFIN2O2. The third-order valence-electron chi connectivity index (χ3n) is 4.37. The smallest absolute Gasteiger partial charge is 0.399 e. The summed E-state index contributed by atoms with van der Waals surface area (Å²) in [7, 11) is 1.24. The SMILES string of the molecule is Cn1nc2c(F)cc(B3OC(C)(C)C(C)(C)O3)cc2c1I. The lowest BCUT2D eigenvalue weighted by Crippen LogP contribution is -2.41. The molecule has 0 bridgehead atoms. The molecule has 0 N–H and O–H groups in total. The molecule has 21 heavy (non-hydrogen) atoms. The van der Waals surface area contributed by atoms with Crippen LogP contribution in [-0.2, 0) is 16.4 Å². The summed E-state index contributed by atoms with van der Waals surface area (Å²) in [4.78, 5) is 0. The molecule has 0 spiro atoms. The summed E-state index contributed by atoms with van der Waals surface area (Å²) in [6, 6.07) is 3.35. The number of rotatable bonds is 1. The molecule has 0 radical (unpaired) electrons. The lowest BCUT2D eigenvalue weighted by Gasteiger charge is -2.32. The quantitative estimate of drug-likeness (QED) is 0.544. The first-order valence-electron chi connectivity index (χ1n) is 6.80. The van der Waals surface area contributed by atoms with E-state index in [0.717, 1.165) is 9.09 Å². The van der Waals surface area contributed by atoms with Gasteiger partial charge in [-0.25, -0.2) is 4.39 Å². The minimum atomic E-state index is -0.565. The van der Waals surface area contributed by atoms with Crippen LogP contribution in [0.3, 0.4) is 0 Å². The Bertz CT molecular complexity index is 713. The molecule has 1 aromatic heterocycles. The predicted octanol–water partition coefficient (Wildman–Crippen LogP) is 2.62. The summed E-state index contributed by atoms with van der Waals surface area (Å²) in [5.41, 5.74) is 0.183. The van der Waals surface area contributed by atoms with E-state index in [2.05, 4.69) is 27.7 Å². The highest BCUT2D eigenvalue weighted by molar-refractivity contribution is 14.1. The van der Waals surface area contributed by atoms with Crippen LogP contribution in [0.15, 0.2) is 12.1 Å². The van der Waals surface area contributed by atoms with Crippen LogP contribution in [0.25, 0.3) is 10.9 Å². The van der Waals surface area contributed by atoms with Crippen molar-refractivity contribution in [2.24, 2.45) is 7.05 Å². The van der Waals surface area contributed by atoms with Crippen molar-refractivity contribution in [3.05, 3.63) is 21.7 Å². The predicted molar refractivity (Wildman–Crippen MR) is 89.1 cm³/mol. The number of nitrogens with zero attached hydrogens (tertiary/aromatic N) is 2. The van der Waals surface area contributed by atoms with Crippen molar-refractivity contribution >= 4 is 46.1 Å². The fourth-order valence-corrected chi connectivity index (χ4v) is 2.88. The Morgan fingerprint density at radius 2 is 1.76 bits per heavy atom. The van der Waals surface area contributed by atoms with Crippen LogP contribution in [0.2, 0.25) is 0 Å². The molecule has 7 heteroatoms. The summed E-state index contributed by atoms with van der Waals surface area (Å²) in [6.07, 6.45) is 0. The van der Waals surface area contributed by atoms with Crippen molar-refractivity contribution in [2.45, 2.75) is 38.9 Å². The number of hydrogen-bond donors (Lipinski definition) is 0. The summed E-state index contributed by atoms with van der Waals surface area (Å²) in [6.45, 7) is 7.93. The van der Waals surface area contributed by atoms with Gasteiger partial charge in [0.05, 0.1) is 11.2 Å². The topological polar surface area (TPSA) is 36.3 Å². The first-order chi connectivity index (χ1) is 9.62. The van der Waals surface area contributed by atoms with Gasteiger partial charge < -0.3 is 9.31 Å². The monoisotopic (exact) mass is 402 g/mol. The Hall–Kier alpha value is -0.665. The third-order valence-corrected chi connectivity index (χ3v) is 5.65. The maximum Gasteiger partial charge on any atom is 0.494 e. The number of benzene rings is 1. The molecular weight excluding hydrogens is 385 g/mol. The van der Waals surface area contributed by atoms with Gasteiger partial charge in [0.15, 0.2) is 5.82 Å². The van der Waals surface area contributed by atoms with E-state index in [1.807, 2.05) is 33.8 Å². The summed E-state index contributed by atoms with van der Waals surface area (Å²) >= 11 is 2.16. The Balaban J connectivity index is 2.09. The molecule has 1 fully saturated rings. The fourth-order valence-electron chi connectivity index (χ4n) is 2.36. The van der Waals surface area contributed by atoms with E-state index in [1.54, 1.807) is 11.7 Å². The van der Waals surface area contributed by atoms with Gasteiger partial charge in [0.1, 0.15) is 9.22 Å². The van der Waals surface area contributed by atoms with Gasteiger partial charge >= 0.3 is 7.12 Å². The second kappa shape index (κ2) is 4.66. The summed E-state index contributed by atoms with van der Waals surface area (Å²) < 4.78 is 28.8. The first kappa shape index (κ1) is 15.2. The van der Waals surface area contributed by atoms with Crippen molar-refractivity contribution in [3.63, 3.8) is 0 Å². The minimum absolute atomic E-state index is 0.351. The molecule has 1 saturated heterocycles. The molecule has 2 aromatic rings. The number of fused-ring (bicyclic) bond motifs is 1. The Kier molecular flexibility index (Phi) is 3.38. The van der Waals surface area contributed by atoms with Crippen LogP contribution >= 0.6 is 22.6 Å². The summed E-state index contributed by atoms with van der Waals surface area (Å²) in [5, 5.41) is 4.97. The van der Waals surface area contributed by atoms with Gasteiger partial charge in [0, 0.05) is 12.4 Å². The third kappa shape index (κ3) is 2.29. The van der Waals surface area contributed by atoms with Gasteiger partial charge in [0.2, 0.25) is 0 Å². The average Bonchev–Trinajstić information content (AvgIpc) is 2.76. The van der Waals surface area contributed by atoms with Crippen molar-refractivity contribution < 1.29 is 13.7 Å². The maximum atomic E-state index is 14.3. The Morgan fingerprint density at radius 3 is 2.33 bits per heavy atom. The summed E-state index contributed by atoms with van der Waals surface area (Å²) in [5.74, 6) is -0.351. The number of hydrogen-bond acceptors (Lipinski definition) is 3. The largest absolute Gasteiger partial charge is 0.494 e. The maximum absolute atomic E-state index is 14.3. The average molecular weight is 402 g/mol. The van der Waals surface area contributed by atoms with E-state index >= 15 is 0 Å². The molecule has 0 unspecified atom stereocenters. The molecule has 4 nitrogen and oxygen atoms in total. The van der Waals surface area contributed by atoms with Crippen molar-refractivity contribution in [1.29, 1.82) is 0 Å². The first-order valence-corrected chi connectivity index (χ1v) is 7.87. The zero-order chi connectivity index (χ0) is 15.6. The molecule has 0 saturated carbocycles. The van der Waals surface area contributed by atoms with Gasteiger partial charge in [-0.3, -0.25) is 4.68 Å². The van der Waals surface area contributed by atoms with E-state index in [0.29, 0.717) is 11.0 Å². The molecule has 0 aliphatic carbocycles. The number of aryl methyl sites for hydroxylation is 1. The second-order valence-corrected chi connectivity index (χ2v) is 7.42. The molecule has 112 valence electrons. The Morgan fingerprint density at radius 1 is 1.19 bits per heavy atom. The molecule has 1 aliphatic heterocycles. The van der Waals surface area contributed by atoms with E-state index in [9.17, 15) is 4.39 Å². The lowest BCUT2D eigenvalue weighted by atomic mass is 9.78. The van der Waals surface area contributed by atoms with Crippen molar-refractivity contribution in [1.82, 2.24) is 9.78 Å². The van der Waals surface area contributed by atoms with E-state index in [1.165, 1.54) is 6.07 Å². The number of aromatic nitrogens is 2. The van der Waals surface area contributed by atoms with Crippen LogP contribution in [0.4, 0.5) is 4.39 Å². The minimum Gasteiger partial charge on any atom is -0.399 e. The van der Waals surface area contributed by atoms with Crippen molar-refractivity contribution in [2.75, 3.05) is 0 Å². The van der Waals surface area contributed by atoms with Crippen LogP contribution in [0.1, 0.15) is 27.7 Å². The second-order valence-electron chi connectivity index (χ2n) is 6.40. The van der Waals surface area contributed by atoms with Gasteiger partial charge in [-0.1, -0.05) is 6.07 Å². The van der Waals surface area contributed by atoms with E-state index in [-0.39, 0.29) is 5.82 Å². The molecule has 0 atom stereocenters. The van der Waals surface area contributed by atoms with Crippen molar-refractivity contribution in [3.8, 4) is 0 Å². The van der Waals surface area contributed by atoms with Gasteiger partial charge in [-0.15, -0.1) is 0 Å². The Labute approximate surface area is 137 Å². The highest BCUT2D eigenvalue weighted by Crippen LogP contribution is 2.36.